The Kier molecular flexibility index (Phi) is 6.35. The summed E-state index contributed by atoms with van der Waals surface area (Å²) in [5.74, 6) is -0.556. The van der Waals surface area contributed by atoms with E-state index in [1.807, 2.05) is 7.05 Å². The topological polar surface area (TPSA) is 53.1 Å². The number of nitrogens with zero attached hydrogens (tertiary/aromatic N) is 3. The molecule has 0 unspecified atom stereocenters. The fourth-order valence-electron chi connectivity index (χ4n) is 5.33. The van der Waals surface area contributed by atoms with E-state index in [2.05, 4.69) is 18.9 Å². The van der Waals surface area contributed by atoms with Crippen LogP contribution in [0.5, 0.6) is 0 Å². The summed E-state index contributed by atoms with van der Waals surface area (Å²) in [5, 5.41) is 0. The minimum absolute atomic E-state index is 0.00532. The van der Waals surface area contributed by atoms with Gasteiger partial charge in [0, 0.05) is 13.1 Å². The van der Waals surface area contributed by atoms with Gasteiger partial charge in [-0.05, 0) is 76.7 Å². The maximum atomic E-state index is 14.5. The number of halogens is 1. The molecule has 1 aliphatic carbocycles. The van der Waals surface area contributed by atoms with Crippen molar-refractivity contribution < 1.29 is 18.7 Å². The summed E-state index contributed by atoms with van der Waals surface area (Å²) in [6.07, 6.45) is 5.03. The lowest BCUT2D eigenvalue weighted by Gasteiger charge is -2.44. The standard InChI is InChI=1S/C24H34FN3O3/c1-17-8-12-24(13-9-17)28(22(29)19-6-4-5-7-20(19)25)21(16-31-24)23(30)27(3)18-10-14-26(2)15-11-18/h4-7,17-18,21H,8-16H2,1-3H3/t17?,21-,24?/m1/s1. The van der Waals surface area contributed by atoms with Crippen LogP contribution in [-0.4, -0.2) is 78.1 Å². The summed E-state index contributed by atoms with van der Waals surface area (Å²) in [6.45, 7) is 4.26. The van der Waals surface area contributed by atoms with Crippen molar-refractivity contribution in [2.75, 3.05) is 33.8 Å². The third kappa shape index (κ3) is 4.22. The Hall–Kier alpha value is -1.99. The normalized spacial score (nSPS) is 30.0. The number of likely N-dealkylation sites (N-methyl/N-ethyl adjacent to an activating group) is 1. The molecule has 7 heteroatoms. The number of hydrogen-bond acceptors (Lipinski definition) is 4. The summed E-state index contributed by atoms with van der Waals surface area (Å²) in [7, 11) is 3.92. The summed E-state index contributed by atoms with van der Waals surface area (Å²) in [5.41, 5.74) is -0.814. The van der Waals surface area contributed by atoms with Gasteiger partial charge in [0.25, 0.3) is 5.91 Å². The lowest BCUT2D eigenvalue weighted by molar-refractivity contribution is -0.139. The molecule has 0 N–H and O–H groups in total. The SMILES string of the molecule is CC1CCC2(CC1)OC[C@H](C(=O)N(C)C1CCN(C)CC1)N2C(=O)c1ccccc1F. The molecule has 3 aliphatic rings. The first-order chi connectivity index (χ1) is 14.8. The number of piperidine rings is 1. The van der Waals surface area contributed by atoms with Crippen molar-refractivity contribution in [2.24, 2.45) is 5.92 Å². The zero-order valence-electron chi connectivity index (χ0n) is 18.8. The second-order valence-electron chi connectivity index (χ2n) is 9.59. The Labute approximate surface area is 184 Å². The molecular weight excluding hydrogens is 397 g/mol. The van der Waals surface area contributed by atoms with E-state index in [4.69, 9.17) is 4.74 Å². The van der Waals surface area contributed by atoms with Crippen LogP contribution in [0, 0.1) is 11.7 Å². The number of likely N-dealkylation sites (tertiary alicyclic amines) is 1. The van der Waals surface area contributed by atoms with Gasteiger partial charge in [0.2, 0.25) is 5.91 Å². The molecule has 0 bridgehead atoms. The number of amides is 2. The Morgan fingerprint density at radius 2 is 1.77 bits per heavy atom. The average Bonchev–Trinajstić information content (AvgIpc) is 3.14. The van der Waals surface area contributed by atoms with E-state index in [9.17, 15) is 14.0 Å². The van der Waals surface area contributed by atoms with Gasteiger partial charge in [-0.25, -0.2) is 4.39 Å². The summed E-state index contributed by atoms with van der Waals surface area (Å²) in [6, 6.07) is 5.45. The predicted molar refractivity (Wildman–Crippen MR) is 116 cm³/mol. The lowest BCUT2D eigenvalue weighted by Crippen LogP contribution is -2.58. The Morgan fingerprint density at radius 1 is 1.13 bits per heavy atom. The van der Waals surface area contributed by atoms with Crippen molar-refractivity contribution in [3.05, 3.63) is 35.6 Å². The molecule has 6 nitrogen and oxygen atoms in total. The molecule has 1 aromatic rings. The zero-order chi connectivity index (χ0) is 22.2. The minimum atomic E-state index is -0.820. The number of benzene rings is 1. The van der Waals surface area contributed by atoms with E-state index in [0.717, 1.165) is 38.8 Å². The van der Waals surface area contributed by atoms with Crippen LogP contribution in [0.2, 0.25) is 0 Å². The van der Waals surface area contributed by atoms with E-state index in [-0.39, 0.29) is 24.1 Å². The van der Waals surface area contributed by atoms with Gasteiger partial charge in [-0.1, -0.05) is 19.1 Å². The number of rotatable bonds is 3. The molecule has 4 rings (SSSR count). The van der Waals surface area contributed by atoms with Crippen molar-refractivity contribution >= 4 is 11.8 Å². The highest BCUT2D eigenvalue weighted by molar-refractivity contribution is 5.98. The highest BCUT2D eigenvalue weighted by atomic mass is 19.1. The number of ether oxygens (including phenoxy) is 1. The molecule has 1 atom stereocenters. The first-order valence-corrected chi connectivity index (χ1v) is 11.5. The predicted octanol–water partition coefficient (Wildman–Crippen LogP) is 3.13. The molecule has 31 heavy (non-hydrogen) atoms. The van der Waals surface area contributed by atoms with Crippen LogP contribution >= 0.6 is 0 Å². The largest absolute Gasteiger partial charge is 0.353 e. The second kappa shape index (κ2) is 8.87. The molecule has 0 radical (unpaired) electrons. The summed E-state index contributed by atoms with van der Waals surface area (Å²) in [4.78, 5) is 32.9. The third-order valence-corrected chi connectivity index (χ3v) is 7.51. The monoisotopic (exact) mass is 431 g/mol. The number of hydrogen-bond donors (Lipinski definition) is 0. The molecule has 2 saturated heterocycles. The van der Waals surface area contributed by atoms with E-state index in [1.54, 1.807) is 21.9 Å². The quantitative estimate of drug-likeness (QED) is 0.738. The third-order valence-electron chi connectivity index (χ3n) is 7.51. The van der Waals surface area contributed by atoms with Gasteiger partial charge in [0.1, 0.15) is 17.6 Å². The molecule has 1 aromatic carbocycles. The van der Waals surface area contributed by atoms with Crippen molar-refractivity contribution in [2.45, 2.75) is 63.3 Å². The van der Waals surface area contributed by atoms with Gasteiger partial charge in [0.15, 0.2) is 0 Å². The highest BCUT2D eigenvalue weighted by Crippen LogP contribution is 2.43. The molecule has 3 fully saturated rings. The average molecular weight is 432 g/mol. The molecule has 170 valence electrons. The molecule has 1 saturated carbocycles. The maximum Gasteiger partial charge on any atom is 0.259 e. The molecule has 2 aliphatic heterocycles. The van der Waals surface area contributed by atoms with Gasteiger partial charge in [-0.2, -0.15) is 0 Å². The van der Waals surface area contributed by atoms with Gasteiger partial charge in [-0.15, -0.1) is 0 Å². The number of carbonyl (C=O) groups is 2. The Balaban J connectivity index is 1.62. The Bertz CT molecular complexity index is 816. The lowest BCUT2D eigenvalue weighted by atomic mass is 9.83. The maximum absolute atomic E-state index is 14.5. The van der Waals surface area contributed by atoms with Crippen LogP contribution < -0.4 is 0 Å². The van der Waals surface area contributed by atoms with Crippen LogP contribution in [0.4, 0.5) is 4.39 Å². The Morgan fingerprint density at radius 3 is 2.42 bits per heavy atom. The molecular formula is C24H34FN3O3. The second-order valence-corrected chi connectivity index (χ2v) is 9.59. The van der Waals surface area contributed by atoms with Gasteiger partial charge in [-0.3, -0.25) is 14.5 Å². The van der Waals surface area contributed by atoms with Crippen LogP contribution in [-0.2, 0) is 9.53 Å². The number of carbonyl (C=O) groups excluding carboxylic acids is 2. The van der Waals surface area contributed by atoms with Gasteiger partial charge in [0.05, 0.1) is 12.2 Å². The first kappa shape index (κ1) is 22.2. The van der Waals surface area contributed by atoms with Crippen molar-refractivity contribution in [3.8, 4) is 0 Å². The van der Waals surface area contributed by atoms with E-state index < -0.39 is 23.5 Å². The fraction of sp³-hybridized carbons (Fsp3) is 0.667. The molecule has 1 spiro atoms. The van der Waals surface area contributed by atoms with Crippen LogP contribution in [0.1, 0.15) is 55.8 Å². The molecule has 0 aromatic heterocycles. The van der Waals surface area contributed by atoms with Gasteiger partial charge >= 0.3 is 0 Å². The molecule has 2 amide bonds. The first-order valence-electron chi connectivity index (χ1n) is 11.5. The van der Waals surface area contributed by atoms with Gasteiger partial charge < -0.3 is 14.5 Å². The molecule has 2 heterocycles. The highest BCUT2D eigenvalue weighted by Gasteiger charge is 2.54. The van der Waals surface area contributed by atoms with Crippen LogP contribution in [0.25, 0.3) is 0 Å². The van der Waals surface area contributed by atoms with Crippen molar-refractivity contribution in [1.29, 1.82) is 0 Å². The van der Waals surface area contributed by atoms with Crippen molar-refractivity contribution in [3.63, 3.8) is 0 Å². The summed E-state index contributed by atoms with van der Waals surface area (Å²) >= 11 is 0. The smallest absolute Gasteiger partial charge is 0.259 e. The van der Waals surface area contributed by atoms with Crippen LogP contribution in [0.15, 0.2) is 24.3 Å². The van der Waals surface area contributed by atoms with E-state index >= 15 is 0 Å². The zero-order valence-corrected chi connectivity index (χ0v) is 18.8. The van der Waals surface area contributed by atoms with Crippen LogP contribution in [0.3, 0.4) is 0 Å². The minimum Gasteiger partial charge on any atom is -0.353 e. The fourth-order valence-corrected chi connectivity index (χ4v) is 5.33. The van der Waals surface area contributed by atoms with E-state index in [0.29, 0.717) is 18.8 Å². The summed E-state index contributed by atoms with van der Waals surface area (Å²) < 4.78 is 20.8. The van der Waals surface area contributed by atoms with Crippen molar-refractivity contribution in [1.82, 2.24) is 14.7 Å². The van der Waals surface area contributed by atoms with E-state index in [1.165, 1.54) is 12.1 Å².